The molecule has 8 aromatic carbocycles. The molecule has 10 aromatic rings. The van der Waals surface area contributed by atoms with Crippen molar-refractivity contribution in [2.24, 2.45) is 0 Å². The van der Waals surface area contributed by atoms with Gasteiger partial charge in [-0.25, -0.2) is 0 Å². The van der Waals surface area contributed by atoms with E-state index in [4.69, 9.17) is 0 Å². The molecule has 3 nitrogen and oxygen atoms in total. The molecule has 0 aliphatic heterocycles. The molecule has 0 atom stereocenters. The number of para-hydroxylation sites is 2. The Morgan fingerprint density at radius 3 is 1.22 bits per heavy atom. The molecule has 0 bridgehead atoms. The minimum absolute atomic E-state index is 0.0755. The second-order valence-electron chi connectivity index (χ2n) is 16.7. The van der Waals surface area contributed by atoms with Crippen LogP contribution in [0.3, 0.4) is 0 Å². The number of halogens is 6. The number of aromatic nitrogens is 2. The van der Waals surface area contributed by atoms with E-state index in [1.54, 1.807) is 12.1 Å². The average molecular weight is 854 g/mol. The van der Waals surface area contributed by atoms with Crippen molar-refractivity contribution in [2.45, 2.75) is 40.0 Å². The Morgan fingerprint density at radius 1 is 0.391 bits per heavy atom. The second kappa shape index (κ2) is 14.8. The summed E-state index contributed by atoms with van der Waals surface area (Å²) in [6.45, 7) is 8.21. The zero-order valence-electron chi connectivity index (χ0n) is 35.0. The molecule has 0 aliphatic rings. The van der Waals surface area contributed by atoms with Crippen LogP contribution in [0.15, 0.2) is 152 Å². The number of hydrogen-bond donors (Lipinski definition) is 0. The van der Waals surface area contributed by atoms with Crippen molar-refractivity contribution in [2.75, 3.05) is 0 Å². The van der Waals surface area contributed by atoms with E-state index in [0.717, 1.165) is 88.1 Å². The van der Waals surface area contributed by atoms with Crippen LogP contribution in [-0.2, 0) is 12.4 Å². The number of benzene rings is 8. The predicted molar refractivity (Wildman–Crippen MR) is 245 cm³/mol. The van der Waals surface area contributed by atoms with E-state index in [-0.39, 0.29) is 22.8 Å². The first kappa shape index (κ1) is 40.5. The number of rotatable bonds is 5. The molecule has 0 fully saturated rings. The van der Waals surface area contributed by atoms with Crippen LogP contribution in [0.5, 0.6) is 0 Å². The van der Waals surface area contributed by atoms with E-state index in [0.29, 0.717) is 23.5 Å². The molecule has 9 heteroatoms. The van der Waals surface area contributed by atoms with Gasteiger partial charge in [0, 0.05) is 27.1 Å². The van der Waals surface area contributed by atoms with Gasteiger partial charge in [-0.1, -0.05) is 107 Å². The molecule has 10 rings (SSSR count). The van der Waals surface area contributed by atoms with Crippen LogP contribution in [0, 0.1) is 39.0 Å². The van der Waals surface area contributed by atoms with Crippen LogP contribution in [0.2, 0.25) is 0 Å². The molecular weight excluding hydrogens is 817 g/mol. The Kier molecular flexibility index (Phi) is 9.35. The van der Waals surface area contributed by atoms with Crippen molar-refractivity contribution in [1.82, 2.24) is 9.13 Å². The highest BCUT2D eigenvalue weighted by Gasteiger charge is 2.37. The molecule has 0 amide bonds. The molecule has 2 heterocycles. The predicted octanol–water partition coefficient (Wildman–Crippen LogP) is 16.0. The summed E-state index contributed by atoms with van der Waals surface area (Å²) >= 11 is 0. The maximum absolute atomic E-state index is 14.4. The van der Waals surface area contributed by atoms with Gasteiger partial charge in [-0.15, -0.1) is 0 Å². The summed E-state index contributed by atoms with van der Waals surface area (Å²) in [4.78, 5) is 0. The van der Waals surface area contributed by atoms with E-state index in [2.05, 4.69) is 68.4 Å². The zero-order valence-corrected chi connectivity index (χ0v) is 35.0. The Bertz CT molecular complexity index is 3520. The van der Waals surface area contributed by atoms with E-state index in [1.807, 2.05) is 95.8 Å². The SMILES string of the molecule is Cc1cc(C)cc(-c2ccc3c(c2)c2ccccc2n3-c2cc(C#N)c(-c3cc(C(F)(F)F)cc(C(F)(F)F)c3)cc2-n2c3ccccc3c3cc(-c4cc(C)cc(C)c4)ccc32)c1. The lowest BCUT2D eigenvalue weighted by Gasteiger charge is -2.20. The van der Waals surface area contributed by atoms with Crippen molar-refractivity contribution >= 4 is 43.6 Å². The smallest absolute Gasteiger partial charge is 0.307 e. The fraction of sp³-hybridized carbons (Fsp3) is 0.109. The van der Waals surface area contributed by atoms with E-state index < -0.39 is 23.5 Å². The first-order chi connectivity index (χ1) is 30.5. The quantitative estimate of drug-likeness (QED) is 0.159. The van der Waals surface area contributed by atoms with E-state index in [1.165, 1.54) is 0 Å². The fourth-order valence-corrected chi connectivity index (χ4v) is 9.48. The molecule has 314 valence electrons. The summed E-state index contributed by atoms with van der Waals surface area (Å²) in [6, 6.07) is 47.5. The fourth-order valence-electron chi connectivity index (χ4n) is 9.48. The molecular formula is C55H37F6N3. The molecule has 0 radical (unpaired) electrons. The third-order valence-electron chi connectivity index (χ3n) is 12.1. The van der Waals surface area contributed by atoms with Gasteiger partial charge in [0.25, 0.3) is 0 Å². The zero-order chi connectivity index (χ0) is 44.8. The molecule has 0 saturated carbocycles. The van der Waals surface area contributed by atoms with Gasteiger partial charge in [-0.3, -0.25) is 0 Å². The summed E-state index contributed by atoms with van der Waals surface area (Å²) in [5.41, 5.74) is 9.12. The van der Waals surface area contributed by atoms with Gasteiger partial charge in [0.05, 0.1) is 56.2 Å². The molecule has 2 aromatic heterocycles. The van der Waals surface area contributed by atoms with Crippen LogP contribution in [0.25, 0.3) is 88.4 Å². The molecule has 64 heavy (non-hydrogen) atoms. The lowest BCUT2D eigenvalue weighted by atomic mass is 9.94. The van der Waals surface area contributed by atoms with E-state index >= 15 is 0 Å². The van der Waals surface area contributed by atoms with Gasteiger partial charge in [0.2, 0.25) is 0 Å². The van der Waals surface area contributed by atoms with Crippen LogP contribution in [-0.4, -0.2) is 9.13 Å². The highest BCUT2D eigenvalue weighted by molar-refractivity contribution is 6.13. The van der Waals surface area contributed by atoms with Crippen LogP contribution >= 0.6 is 0 Å². The van der Waals surface area contributed by atoms with Crippen molar-refractivity contribution < 1.29 is 26.3 Å². The van der Waals surface area contributed by atoms with Crippen molar-refractivity contribution in [3.8, 4) is 50.8 Å². The number of aryl methyl sites for hydroxylation is 4. The first-order valence-corrected chi connectivity index (χ1v) is 20.7. The Morgan fingerprint density at radius 2 is 0.797 bits per heavy atom. The third-order valence-corrected chi connectivity index (χ3v) is 12.1. The highest BCUT2D eigenvalue weighted by atomic mass is 19.4. The Hall–Kier alpha value is -7.57. The van der Waals surface area contributed by atoms with Crippen LogP contribution < -0.4 is 0 Å². The molecule has 0 N–H and O–H groups in total. The standard InChI is InChI=1S/C55H37F6N3/c1-31-17-32(2)20-37(19-31)35-13-15-50-46(25-35)43-9-5-7-11-48(43)63(50)52-27-40(30-62)45(39-23-41(54(56,57)58)28-42(24-39)55(59,60)61)29-53(52)64-49-12-8-6-10-44(49)47-26-36(14-16-51(47)64)38-21-33(3)18-34(4)22-38/h5-29H,1-4H3. The van der Waals surface area contributed by atoms with Crippen molar-refractivity contribution in [3.05, 3.63) is 191 Å². The lowest BCUT2D eigenvalue weighted by molar-refractivity contribution is -0.143. The largest absolute Gasteiger partial charge is 0.416 e. The van der Waals surface area contributed by atoms with Crippen LogP contribution in [0.4, 0.5) is 26.3 Å². The summed E-state index contributed by atoms with van der Waals surface area (Å²) in [7, 11) is 0. The lowest BCUT2D eigenvalue weighted by Crippen LogP contribution is -2.11. The minimum Gasteiger partial charge on any atom is -0.307 e. The normalized spacial score (nSPS) is 12.2. The molecule has 0 unspecified atom stereocenters. The Labute approximate surface area is 364 Å². The summed E-state index contributed by atoms with van der Waals surface area (Å²) < 4.78 is 90.2. The maximum Gasteiger partial charge on any atom is 0.416 e. The van der Waals surface area contributed by atoms with Gasteiger partial charge in [-0.2, -0.15) is 31.6 Å². The Balaban J connectivity index is 1.33. The minimum atomic E-state index is -5.09. The molecule has 0 saturated heterocycles. The number of nitriles is 1. The average Bonchev–Trinajstić information content (AvgIpc) is 3.76. The summed E-state index contributed by atoms with van der Waals surface area (Å²) in [5, 5.41) is 14.5. The molecule has 0 aliphatic carbocycles. The number of nitrogens with zero attached hydrogens (tertiary/aromatic N) is 3. The van der Waals surface area contributed by atoms with Gasteiger partial charge in [0.15, 0.2) is 0 Å². The topological polar surface area (TPSA) is 33.6 Å². The summed E-state index contributed by atoms with van der Waals surface area (Å²) in [6.07, 6.45) is -10.2. The first-order valence-electron chi connectivity index (χ1n) is 20.7. The number of alkyl halides is 6. The van der Waals surface area contributed by atoms with Gasteiger partial charge in [-0.05, 0) is 122 Å². The second-order valence-corrected chi connectivity index (χ2v) is 16.7. The van der Waals surface area contributed by atoms with E-state index in [9.17, 15) is 31.6 Å². The maximum atomic E-state index is 14.4. The van der Waals surface area contributed by atoms with Gasteiger partial charge < -0.3 is 9.13 Å². The number of hydrogen-bond acceptors (Lipinski definition) is 1. The highest BCUT2D eigenvalue weighted by Crippen LogP contribution is 2.45. The summed E-state index contributed by atoms with van der Waals surface area (Å²) in [5.74, 6) is 0. The van der Waals surface area contributed by atoms with Crippen molar-refractivity contribution in [3.63, 3.8) is 0 Å². The van der Waals surface area contributed by atoms with Crippen LogP contribution in [0.1, 0.15) is 38.9 Å². The molecule has 0 spiro atoms. The monoisotopic (exact) mass is 853 g/mol. The number of fused-ring (bicyclic) bond motifs is 6. The third kappa shape index (κ3) is 6.87. The van der Waals surface area contributed by atoms with Gasteiger partial charge >= 0.3 is 12.4 Å². The van der Waals surface area contributed by atoms with Gasteiger partial charge in [0.1, 0.15) is 0 Å². The van der Waals surface area contributed by atoms with Crippen molar-refractivity contribution in [1.29, 1.82) is 5.26 Å².